The number of hydrogen-bond donors (Lipinski definition) is 3. The molecule has 0 unspecified atom stereocenters. The molecule has 0 aliphatic rings. The van der Waals surface area contributed by atoms with Crippen LogP contribution in [-0.4, -0.2) is 27.3 Å². The Morgan fingerprint density at radius 3 is 1.92 bits per heavy atom. The third-order valence-corrected chi connectivity index (χ3v) is 5.06. The van der Waals surface area contributed by atoms with Crippen LogP contribution in [0.2, 0.25) is 0 Å². The number of carbonyl (C=O) groups excluding carboxylic acids is 2. The lowest BCUT2D eigenvalue weighted by atomic mass is 10.1. The fourth-order valence-electron chi connectivity index (χ4n) is 2.27. The van der Waals surface area contributed by atoms with Crippen LogP contribution in [0.25, 0.3) is 0 Å². The molecule has 0 atom stereocenters. The van der Waals surface area contributed by atoms with Crippen LogP contribution in [0.15, 0.2) is 53.4 Å². The highest BCUT2D eigenvalue weighted by molar-refractivity contribution is 7.89. The number of sulfonamides is 1. The highest BCUT2D eigenvalue weighted by Gasteiger charge is 2.11. The molecule has 0 saturated carbocycles. The summed E-state index contributed by atoms with van der Waals surface area (Å²) in [6, 6.07) is 13.2. The molecular weight excluding hydrogens is 354 g/mol. The first-order valence-corrected chi connectivity index (χ1v) is 9.48. The van der Waals surface area contributed by atoms with Gasteiger partial charge in [-0.1, -0.05) is 12.1 Å². The first kappa shape index (κ1) is 19.6. The minimum Gasteiger partial charge on any atom is -0.326 e. The van der Waals surface area contributed by atoms with Gasteiger partial charge in [0.1, 0.15) is 0 Å². The first-order chi connectivity index (χ1) is 12.3. The molecule has 138 valence electrons. The highest BCUT2D eigenvalue weighted by atomic mass is 32.2. The molecular formula is C18H21N3O4S. The van der Waals surface area contributed by atoms with Crippen molar-refractivity contribution in [3.63, 3.8) is 0 Å². The van der Waals surface area contributed by atoms with Crippen molar-refractivity contribution in [3.05, 3.63) is 54.1 Å². The zero-order chi connectivity index (χ0) is 19.2. The van der Waals surface area contributed by atoms with Crippen LogP contribution in [0.1, 0.15) is 18.9 Å². The number of carbonyl (C=O) groups is 2. The minimum absolute atomic E-state index is 0.149. The molecule has 2 aromatic rings. The third kappa shape index (κ3) is 5.68. The lowest BCUT2D eigenvalue weighted by molar-refractivity contribution is -0.116. The van der Waals surface area contributed by atoms with Gasteiger partial charge in [0.25, 0.3) is 0 Å². The zero-order valence-electron chi connectivity index (χ0n) is 14.6. The standard InChI is InChI=1S/C18H21N3O4S/c1-13(22)20-15-6-8-16(9-7-15)21-18(23)12-5-14-3-10-17(11-4-14)26(24,25)19-2/h3-4,6-11,19H,5,12H2,1-2H3,(H,20,22)(H,21,23). The molecule has 8 heteroatoms. The Kier molecular flexibility index (Phi) is 6.48. The Morgan fingerprint density at radius 1 is 0.885 bits per heavy atom. The highest BCUT2D eigenvalue weighted by Crippen LogP contribution is 2.15. The summed E-state index contributed by atoms with van der Waals surface area (Å²) in [6.45, 7) is 1.43. The molecule has 3 N–H and O–H groups in total. The number of amides is 2. The lowest BCUT2D eigenvalue weighted by Gasteiger charge is -2.08. The van der Waals surface area contributed by atoms with E-state index in [1.165, 1.54) is 26.1 Å². The zero-order valence-corrected chi connectivity index (χ0v) is 15.4. The van der Waals surface area contributed by atoms with Gasteiger partial charge in [-0.3, -0.25) is 9.59 Å². The molecule has 26 heavy (non-hydrogen) atoms. The molecule has 2 amide bonds. The number of rotatable bonds is 7. The van der Waals surface area contributed by atoms with Gasteiger partial charge in [-0.15, -0.1) is 0 Å². The van der Waals surface area contributed by atoms with Gasteiger partial charge in [-0.05, 0) is 55.4 Å². The fraction of sp³-hybridized carbons (Fsp3) is 0.222. The van der Waals surface area contributed by atoms with Gasteiger partial charge in [0.2, 0.25) is 21.8 Å². The van der Waals surface area contributed by atoms with Crippen molar-refractivity contribution in [3.8, 4) is 0 Å². The van der Waals surface area contributed by atoms with E-state index in [9.17, 15) is 18.0 Å². The smallest absolute Gasteiger partial charge is 0.240 e. The monoisotopic (exact) mass is 375 g/mol. The summed E-state index contributed by atoms with van der Waals surface area (Å²) in [7, 11) is -2.10. The van der Waals surface area contributed by atoms with E-state index in [4.69, 9.17) is 0 Å². The van der Waals surface area contributed by atoms with Crippen molar-refractivity contribution in [2.45, 2.75) is 24.7 Å². The molecule has 0 radical (unpaired) electrons. The summed E-state index contributed by atoms with van der Waals surface area (Å²) in [5.74, 6) is -0.306. The number of aryl methyl sites for hydroxylation is 1. The van der Waals surface area contributed by atoms with Crippen molar-refractivity contribution in [2.75, 3.05) is 17.7 Å². The van der Waals surface area contributed by atoms with Crippen molar-refractivity contribution in [1.82, 2.24) is 4.72 Å². The maximum absolute atomic E-state index is 12.0. The average molecular weight is 375 g/mol. The molecule has 2 rings (SSSR count). The van der Waals surface area contributed by atoms with Gasteiger partial charge in [0.15, 0.2) is 0 Å². The van der Waals surface area contributed by atoms with E-state index in [2.05, 4.69) is 15.4 Å². The van der Waals surface area contributed by atoms with Crippen LogP contribution in [-0.2, 0) is 26.0 Å². The Morgan fingerprint density at radius 2 is 1.42 bits per heavy atom. The Hall–Kier alpha value is -2.71. The summed E-state index contributed by atoms with van der Waals surface area (Å²) >= 11 is 0. The minimum atomic E-state index is -3.45. The van der Waals surface area contributed by atoms with Crippen molar-refractivity contribution in [1.29, 1.82) is 0 Å². The quantitative estimate of drug-likeness (QED) is 0.689. The number of nitrogens with one attached hydrogen (secondary N) is 3. The molecule has 0 fully saturated rings. The second kappa shape index (κ2) is 8.59. The molecule has 0 heterocycles. The van der Waals surface area contributed by atoms with E-state index in [-0.39, 0.29) is 23.1 Å². The van der Waals surface area contributed by atoms with Gasteiger partial charge >= 0.3 is 0 Å². The predicted octanol–water partition coefficient (Wildman–Crippen LogP) is 2.12. The van der Waals surface area contributed by atoms with E-state index in [1.54, 1.807) is 36.4 Å². The van der Waals surface area contributed by atoms with E-state index in [1.807, 2.05) is 0 Å². The molecule has 0 aliphatic carbocycles. The van der Waals surface area contributed by atoms with E-state index < -0.39 is 10.0 Å². The van der Waals surface area contributed by atoms with Gasteiger partial charge in [0.05, 0.1) is 4.90 Å². The lowest BCUT2D eigenvalue weighted by Crippen LogP contribution is -2.18. The van der Waals surface area contributed by atoms with Crippen molar-refractivity contribution < 1.29 is 18.0 Å². The normalized spacial score (nSPS) is 11.0. The molecule has 2 aromatic carbocycles. The Balaban J connectivity index is 1.87. The van der Waals surface area contributed by atoms with Crippen LogP contribution in [0.5, 0.6) is 0 Å². The third-order valence-electron chi connectivity index (χ3n) is 3.63. The maximum atomic E-state index is 12.0. The summed E-state index contributed by atoms with van der Waals surface area (Å²) < 4.78 is 25.6. The predicted molar refractivity (Wildman–Crippen MR) is 100 cm³/mol. The summed E-state index contributed by atoms with van der Waals surface area (Å²) in [6.07, 6.45) is 0.765. The molecule has 0 spiro atoms. The maximum Gasteiger partial charge on any atom is 0.240 e. The molecule has 0 bridgehead atoms. The van der Waals surface area contributed by atoms with Crippen LogP contribution < -0.4 is 15.4 Å². The Labute approximate surface area is 152 Å². The largest absolute Gasteiger partial charge is 0.326 e. The summed E-state index contributed by atoms with van der Waals surface area (Å²) in [5.41, 5.74) is 2.17. The van der Waals surface area contributed by atoms with Gasteiger partial charge in [0, 0.05) is 24.7 Å². The number of anilines is 2. The fourth-order valence-corrected chi connectivity index (χ4v) is 3.00. The van der Waals surface area contributed by atoms with E-state index in [0.717, 1.165) is 5.56 Å². The SMILES string of the molecule is CNS(=O)(=O)c1ccc(CCC(=O)Nc2ccc(NC(C)=O)cc2)cc1. The van der Waals surface area contributed by atoms with Crippen LogP contribution >= 0.6 is 0 Å². The summed E-state index contributed by atoms with van der Waals surface area (Å²) in [4.78, 5) is 23.2. The van der Waals surface area contributed by atoms with Gasteiger partial charge in [-0.2, -0.15) is 0 Å². The second-order valence-electron chi connectivity index (χ2n) is 5.66. The molecule has 0 aliphatic heterocycles. The van der Waals surface area contributed by atoms with E-state index in [0.29, 0.717) is 17.8 Å². The van der Waals surface area contributed by atoms with E-state index >= 15 is 0 Å². The van der Waals surface area contributed by atoms with Crippen LogP contribution in [0, 0.1) is 0 Å². The number of benzene rings is 2. The molecule has 7 nitrogen and oxygen atoms in total. The van der Waals surface area contributed by atoms with Crippen LogP contribution in [0.4, 0.5) is 11.4 Å². The van der Waals surface area contributed by atoms with Crippen LogP contribution in [0.3, 0.4) is 0 Å². The molecule has 0 aromatic heterocycles. The average Bonchev–Trinajstić information content (AvgIpc) is 2.61. The topological polar surface area (TPSA) is 104 Å². The summed E-state index contributed by atoms with van der Waals surface area (Å²) in [5, 5.41) is 5.43. The number of hydrogen-bond acceptors (Lipinski definition) is 4. The van der Waals surface area contributed by atoms with Crippen molar-refractivity contribution in [2.24, 2.45) is 0 Å². The Bertz CT molecular complexity index is 876. The van der Waals surface area contributed by atoms with Crippen molar-refractivity contribution >= 4 is 33.2 Å². The molecule has 0 saturated heterocycles. The second-order valence-corrected chi connectivity index (χ2v) is 7.54. The van der Waals surface area contributed by atoms with Gasteiger partial charge < -0.3 is 10.6 Å². The van der Waals surface area contributed by atoms with Gasteiger partial charge in [-0.25, -0.2) is 13.1 Å². The first-order valence-electron chi connectivity index (χ1n) is 8.00.